The first kappa shape index (κ1) is 13.6. The fourth-order valence-corrected chi connectivity index (χ4v) is 2.52. The molecule has 1 saturated heterocycles. The van der Waals surface area contributed by atoms with Gasteiger partial charge in [-0.15, -0.1) is 0 Å². The summed E-state index contributed by atoms with van der Waals surface area (Å²) in [7, 11) is 0. The summed E-state index contributed by atoms with van der Waals surface area (Å²) in [5, 5.41) is 3.51. The van der Waals surface area contributed by atoms with Crippen LogP contribution in [0.2, 0.25) is 0 Å². The SMILES string of the molecule is CCCn1ccc(CNCCC2CCCCO2)c1. The quantitative estimate of drug-likeness (QED) is 0.753. The predicted octanol–water partition coefficient (Wildman–Crippen LogP) is 2.95. The van der Waals surface area contributed by atoms with Gasteiger partial charge in [-0.2, -0.15) is 0 Å². The topological polar surface area (TPSA) is 26.2 Å². The Hall–Kier alpha value is -0.800. The van der Waals surface area contributed by atoms with Gasteiger partial charge in [0.15, 0.2) is 0 Å². The Labute approximate surface area is 111 Å². The third-order valence-corrected chi connectivity index (χ3v) is 3.54. The minimum Gasteiger partial charge on any atom is -0.378 e. The van der Waals surface area contributed by atoms with Crippen molar-refractivity contribution >= 4 is 0 Å². The first-order chi connectivity index (χ1) is 8.88. The second-order valence-corrected chi connectivity index (χ2v) is 5.21. The molecule has 0 saturated carbocycles. The molecule has 0 spiro atoms. The van der Waals surface area contributed by atoms with Crippen LogP contribution in [-0.4, -0.2) is 23.8 Å². The molecule has 1 aromatic rings. The fourth-order valence-electron chi connectivity index (χ4n) is 2.52. The maximum atomic E-state index is 5.72. The maximum Gasteiger partial charge on any atom is 0.0587 e. The molecule has 0 aliphatic carbocycles. The first-order valence-electron chi connectivity index (χ1n) is 7.35. The van der Waals surface area contributed by atoms with E-state index in [1.807, 2.05) is 0 Å². The van der Waals surface area contributed by atoms with E-state index in [2.05, 4.69) is 35.3 Å². The third kappa shape index (κ3) is 4.46. The van der Waals surface area contributed by atoms with Crippen LogP contribution in [-0.2, 0) is 17.8 Å². The molecule has 1 N–H and O–H groups in total. The van der Waals surface area contributed by atoms with Gasteiger partial charge in [-0.1, -0.05) is 6.92 Å². The molecule has 1 unspecified atom stereocenters. The number of nitrogens with zero attached hydrogens (tertiary/aromatic N) is 1. The van der Waals surface area contributed by atoms with Crippen molar-refractivity contribution in [1.82, 2.24) is 9.88 Å². The molecule has 1 aliphatic heterocycles. The highest BCUT2D eigenvalue weighted by atomic mass is 16.5. The Morgan fingerprint density at radius 1 is 1.44 bits per heavy atom. The predicted molar refractivity (Wildman–Crippen MR) is 74.6 cm³/mol. The summed E-state index contributed by atoms with van der Waals surface area (Å²) in [5.41, 5.74) is 1.38. The van der Waals surface area contributed by atoms with Gasteiger partial charge in [0.1, 0.15) is 0 Å². The van der Waals surface area contributed by atoms with Gasteiger partial charge in [0.2, 0.25) is 0 Å². The van der Waals surface area contributed by atoms with Gasteiger partial charge in [-0.25, -0.2) is 0 Å². The highest BCUT2D eigenvalue weighted by Gasteiger charge is 2.12. The lowest BCUT2D eigenvalue weighted by atomic mass is 10.1. The molecular formula is C15H26N2O. The second kappa shape index (κ2) is 7.59. The molecule has 1 aromatic heterocycles. The number of hydrogen-bond acceptors (Lipinski definition) is 2. The summed E-state index contributed by atoms with van der Waals surface area (Å²) >= 11 is 0. The number of aromatic nitrogens is 1. The van der Waals surface area contributed by atoms with E-state index < -0.39 is 0 Å². The van der Waals surface area contributed by atoms with Crippen LogP contribution >= 0.6 is 0 Å². The molecule has 102 valence electrons. The van der Waals surface area contributed by atoms with Gasteiger partial charge < -0.3 is 14.6 Å². The molecule has 1 fully saturated rings. The number of hydrogen-bond donors (Lipinski definition) is 1. The zero-order valence-corrected chi connectivity index (χ0v) is 11.5. The van der Waals surface area contributed by atoms with E-state index in [4.69, 9.17) is 4.74 Å². The average Bonchev–Trinajstić information content (AvgIpc) is 2.84. The monoisotopic (exact) mass is 250 g/mol. The van der Waals surface area contributed by atoms with Gasteiger partial charge in [0.05, 0.1) is 6.10 Å². The van der Waals surface area contributed by atoms with E-state index in [1.165, 1.54) is 31.2 Å². The molecule has 2 rings (SSSR count). The Morgan fingerprint density at radius 3 is 3.17 bits per heavy atom. The highest BCUT2D eigenvalue weighted by Crippen LogP contribution is 2.14. The molecule has 0 aromatic carbocycles. The molecule has 3 nitrogen and oxygen atoms in total. The van der Waals surface area contributed by atoms with E-state index >= 15 is 0 Å². The summed E-state index contributed by atoms with van der Waals surface area (Å²) in [4.78, 5) is 0. The second-order valence-electron chi connectivity index (χ2n) is 5.21. The first-order valence-corrected chi connectivity index (χ1v) is 7.35. The van der Waals surface area contributed by atoms with Crippen LogP contribution in [0.3, 0.4) is 0 Å². The van der Waals surface area contributed by atoms with Crippen molar-refractivity contribution in [1.29, 1.82) is 0 Å². The van der Waals surface area contributed by atoms with Crippen molar-refractivity contribution in [3.63, 3.8) is 0 Å². The van der Waals surface area contributed by atoms with E-state index in [0.717, 1.165) is 32.7 Å². The van der Waals surface area contributed by atoms with Gasteiger partial charge in [-0.3, -0.25) is 0 Å². The summed E-state index contributed by atoms with van der Waals surface area (Å²) in [6.07, 6.45) is 11.1. The van der Waals surface area contributed by atoms with Crippen LogP contribution < -0.4 is 5.32 Å². The molecule has 2 heterocycles. The number of rotatable bonds is 7. The molecule has 0 radical (unpaired) electrons. The summed E-state index contributed by atoms with van der Waals surface area (Å²) in [6.45, 7) is 6.33. The Kier molecular flexibility index (Phi) is 5.75. The lowest BCUT2D eigenvalue weighted by Crippen LogP contribution is -2.25. The molecular weight excluding hydrogens is 224 g/mol. The minimum atomic E-state index is 0.496. The number of nitrogens with one attached hydrogen (secondary N) is 1. The molecule has 1 aliphatic rings. The van der Waals surface area contributed by atoms with E-state index in [-0.39, 0.29) is 0 Å². The van der Waals surface area contributed by atoms with E-state index in [9.17, 15) is 0 Å². The van der Waals surface area contributed by atoms with Gasteiger partial charge in [0, 0.05) is 32.1 Å². The lowest BCUT2D eigenvalue weighted by Gasteiger charge is -2.22. The van der Waals surface area contributed by atoms with Crippen molar-refractivity contribution in [2.45, 2.75) is 58.2 Å². The Morgan fingerprint density at radius 2 is 2.39 bits per heavy atom. The summed E-state index contributed by atoms with van der Waals surface area (Å²) in [5.74, 6) is 0. The third-order valence-electron chi connectivity index (χ3n) is 3.54. The van der Waals surface area contributed by atoms with Crippen molar-refractivity contribution in [3.8, 4) is 0 Å². The molecule has 18 heavy (non-hydrogen) atoms. The largest absolute Gasteiger partial charge is 0.378 e. The smallest absolute Gasteiger partial charge is 0.0587 e. The fraction of sp³-hybridized carbons (Fsp3) is 0.733. The average molecular weight is 250 g/mol. The molecule has 1 atom stereocenters. The highest BCUT2D eigenvalue weighted by molar-refractivity contribution is 5.09. The van der Waals surface area contributed by atoms with Crippen LogP contribution in [0.4, 0.5) is 0 Å². The maximum absolute atomic E-state index is 5.72. The summed E-state index contributed by atoms with van der Waals surface area (Å²) < 4.78 is 7.99. The van der Waals surface area contributed by atoms with Gasteiger partial charge in [-0.05, 0) is 50.3 Å². The normalized spacial score (nSPS) is 20.2. The van der Waals surface area contributed by atoms with E-state index in [0.29, 0.717) is 6.10 Å². The number of ether oxygens (including phenoxy) is 1. The minimum absolute atomic E-state index is 0.496. The van der Waals surface area contributed by atoms with Crippen molar-refractivity contribution in [2.75, 3.05) is 13.2 Å². The van der Waals surface area contributed by atoms with Crippen LogP contribution in [0, 0.1) is 0 Å². The molecule has 3 heteroatoms. The Balaban J connectivity index is 1.59. The van der Waals surface area contributed by atoms with Crippen LogP contribution in [0.1, 0.15) is 44.6 Å². The zero-order chi connectivity index (χ0) is 12.6. The van der Waals surface area contributed by atoms with Crippen LogP contribution in [0.15, 0.2) is 18.5 Å². The van der Waals surface area contributed by atoms with Gasteiger partial charge in [0.25, 0.3) is 0 Å². The lowest BCUT2D eigenvalue weighted by molar-refractivity contribution is 0.0115. The standard InChI is InChI=1S/C15H26N2O/c1-2-9-17-10-7-14(13-17)12-16-8-6-15-5-3-4-11-18-15/h7,10,13,15-16H,2-6,8-9,11-12H2,1H3. The zero-order valence-electron chi connectivity index (χ0n) is 11.5. The van der Waals surface area contributed by atoms with Crippen molar-refractivity contribution in [3.05, 3.63) is 24.0 Å². The summed E-state index contributed by atoms with van der Waals surface area (Å²) in [6, 6.07) is 2.21. The van der Waals surface area contributed by atoms with E-state index in [1.54, 1.807) is 0 Å². The van der Waals surface area contributed by atoms with Crippen molar-refractivity contribution in [2.24, 2.45) is 0 Å². The van der Waals surface area contributed by atoms with Gasteiger partial charge >= 0.3 is 0 Å². The van der Waals surface area contributed by atoms with Crippen molar-refractivity contribution < 1.29 is 4.74 Å². The number of aryl methyl sites for hydroxylation is 1. The molecule has 0 bridgehead atoms. The van der Waals surface area contributed by atoms with Crippen LogP contribution in [0.25, 0.3) is 0 Å². The Bertz CT molecular complexity index is 329. The van der Waals surface area contributed by atoms with Crippen LogP contribution in [0.5, 0.6) is 0 Å². The molecule has 0 amide bonds.